The summed E-state index contributed by atoms with van der Waals surface area (Å²) in [6, 6.07) is 2.20. The predicted molar refractivity (Wildman–Crippen MR) is 178 cm³/mol. The molecule has 4 atom stereocenters. The van der Waals surface area contributed by atoms with E-state index in [0.717, 1.165) is 4.47 Å². The summed E-state index contributed by atoms with van der Waals surface area (Å²) in [4.78, 5) is 65.7. The van der Waals surface area contributed by atoms with Gasteiger partial charge in [-0.15, -0.1) is 0 Å². The first-order valence-corrected chi connectivity index (χ1v) is 16.2. The molecule has 0 aliphatic carbocycles. The number of amides is 3. The van der Waals surface area contributed by atoms with Gasteiger partial charge in [-0.1, -0.05) is 56.1 Å². The number of hydrogen-bond donors (Lipinski definition) is 3. The lowest BCUT2D eigenvalue weighted by Crippen LogP contribution is -2.59. The number of aromatic nitrogens is 1. The van der Waals surface area contributed by atoms with Gasteiger partial charge in [0.1, 0.15) is 29.3 Å². The van der Waals surface area contributed by atoms with Crippen molar-refractivity contribution in [2.75, 3.05) is 7.11 Å². The normalized spacial score (nSPS) is 14.5. The van der Waals surface area contributed by atoms with Crippen molar-refractivity contribution in [1.82, 2.24) is 20.5 Å². The van der Waals surface area contributed by atoms with Gasteiger partial charge in [-0.25, -0.2) is 14.4 Å². The molecular weight excluding hydrogens is 660 g/mol. The van der Waals surface area contributed by atoms with Crippen molar-refractivity contribution >= 4 is 56.8 Å². The van der Waals surface area contributed by atoms with Gasteiger partial charge in [0, 0.05) is 22.5 Å². The number of esters is 1. The van der Waals surface area contributed by atoms with Crippen molar-refractivity contribution in [3.63, 3.8) is 0 Å². The minimum atomic E-state index is -1.15. The van der Waals surface area contributed by atoms with E-state index in [0.29, 0.717) is 22.9 Å². The summed E-state index contributed by atoms with van der Waals surface area (Å²) in [6.07, 6.45) is 0.792. The third-order valence-electron chi connectivity index (χ3n) is 7.08. The molecule has 1 heterocycles. The highest BCUT2D eigenvalue weighted by atomic mass is 79.9. The summed E-state index contributed by atoms with van der Waals surface area (Å²) in [5, 5.41) is 8.80. The van der Waals surface area contributed by atoms with Crippen molar-refractivity contribution < 1.29 is 38.2 Å². The molecule has 1 aromatic heterocycles. The Bertz CT molecular complexity index is 1420. The summed E-state index contributed by atoms with van der Waals surface area (Å²) in [5.41, 5.74) is -0.365. The number of rotatable bonds is 11. The van der Waals surface area contributed by atoms with Gasteiger partial charge in [-0.3, -0.25) is 14.2 Å². The van der Waals surface area contributed by atoms with Gasteiger partial charge in [0.15, 0.2) is 0 Å². The smallest absolute Gasteiger partial charge is 0.419 e. The molecule has 0 spiro atoms. The van der Waals surface area contributed by atoms with E-state index < -0.39 is 59.3 Å². The number of hydrogen-bond acceptors (Lipinski definition) is 8. The van der Waals surface area contributed by atoms with Gasteiger partial charge in [0.2, 0.25) is 11.8 Å². The van der Waals surface area contributed by atoms with Crippen LogP contribution in [-0.2, 0) is 35.0 Å². The Morgan fingerprint density at radius 3 is 1.98 bits per heavy atom. The molecule has 0 aliphatic heterocycles. The zero-order chi connectivity index (χ0) is 35.1. The quantitative estimate of drug-likeness (QED) is 0.205. The molecule has 46 heavy (non-hydrogen) atoms. The van der Waals surface area contributed by atoms with E-state index in [1.165, 1.54) is 11.7 Å². The van der Waals surface area contributed by atoms with Crippen LogP contribution in [0.4, 0.5) is 9.59 Å². The van der Waals surface area contributed by atoms with E-state index in [2.05, 4.69) is 31.9 Å². The van der Waals surface area contributed by atoms with Crippen LogP contribution in [0.15, 0.2) is 28.9 Å². The van der Waals surface area contributed by atoms with Crippen LogP contribution in [0.25, 0.3) is 10.9 Å². The third kappa shape index (κ3) is 11.0. The standard InChI is InChI=1S/C33H49BrN4O8/c1-12-19(4)26(37-30(42)45-32(5,6)7)28(40)36-25(18(2)3)27(39)35-23(29(41)44-11)15-20-17-38(31(43)46-33(8,9)10)24-16-21(34)13-14-22(20)24/h13-14,16-19,23,25-26H,12,15H2,1-11H3,(H,35,39)(H,36,40)(H,37,42)/t19-,23-,25-,26-/m0/s1. The first kappa shape index (κ1) is 38.6. The molecule has 3 amide bonds. The number of nitrogens with zero attached hydrogens (tertiary/aromatic N) is 1. The maximum absolute atomic E-state index is 13.7. The SMILES string of the molecule is CC[C@H](C)[C@H](NC(=O)OC(C)(C)C)C(=O)N[C@H](C(=O)N[C@@H](Cc1cn(C(=O)OC(C)(C)C)c2cc(Br)ccc12)C(=O)OC)C(C)C. The second-order valence-electron chi connectivity index (χ2n) is 13.7. The molecular formula is C33H49BrN4O8. The number of halogens is 1. The van der Waals surface area contributed by atoms with E-state index in [4.69, 9.17) is 14.2 Å². The molecule has 0 aliphatic rings. The lowest BCUT2D eigenvalue weighted by Gasteiger charge is -2.29. The van der Waals surface area contributed by atoms with Gasteiger partial charge < -0.3 is 30.2 Å². The number of carbonyl (C=O) groups excluding carboxylic acids is 5. The Balaban J connectivity index is 2.37. The minimum Gasteiger partial charge on any atom is -0.467 e. The molecule has 0 saturated heterocycles. The highest BCUT2D eigenvalue weighted by Crippen LogP contribution is 2.27. The van der Waals surface area contributed by atoms with Crippen LogP contribution >= 0.6 is 15.9 Å². The van der Waals surface area contributed by atoms with Crippen molar-refractivity contribution in [3.8, 4) is 0 Å². The Labute approximate surface area is 279 Å². The topological polar surface area (TPSA) is 154 Å². The fourth-order valence-corrected chi connectivity index (χ4v) is 4.98. The maximum Gasteiger partial charge on any atom is 0.419 e. The van der Waals surface area contributed by atoms with E-state index in [1.54, 1.807) is 79.8 Å². The van der Waals surface area contributed by atoms with Crippen molar-refractivity contribution in [2.24, 2.45) is 11.8 Å². The molecule has 0 radical (unpaired) electrons. The predicted octanol–water partition coefficient (Wildman–Crippen LogP) is 5.47. The van der Waals surface area contributed by atoms with Crippen molar-refractivity contribution in [1.29, 1.82) is 0 Å². The largest absolute Gasteiger partial charge is 0.467 e. The fourth-order valence-electron chi connectivity index (χ4n) is 4.63. The van der Waals surface area contributed by atoms with Crippen LogP contribution in [-0.4, -0.2) is 71.0 Å². The van der Waals surface area contributed by atoms with Crippen LogP contribution in [0.2, 0.25) is 0 Å². The molecule has 0 fully saturated rings. The first-order chi connectivity index (χ1) is 21.2. The average Bonchev–Trinajstić information content (AvgIpc) is 3.28. The summed E-state index contributed by atoms with van der Waals surface area (Å²) in [7, 11) is 1.21. The maximum atomic E-state index is 13.7. The molecule has 0 bridgehead atoms. The molecule has 256 valence electrons. The van der Waals surface area contributed by atoms with Gasteiger partial charge >= 0.3 is 18.2 Å². The molecule has 0 unspecified atom stereocenters. The molecule has 3 N–H and O–H groups in total. The van der Waals surface area contributed by atoms with Crippen LogP contribution in [0.1, 0.15) is 81.2 Å². The number of nitrogens with one attached hydrogen (secondary N) is 3. The number of ether oxygens (including phenoxy) is 3. The van der Waals surface area contributed by atoms with Gasteiger partial charge in [0.25, 0.3) is 0 Å². The van der Waals surface area contributed by atoms with Crippen molar-refractivity contribution in [2.45, 2.75) is 111 Å². The second-order valence-corrected chi connectivity index (χ2v) is 14.6. The minimum absolute atomic E-state index is 0.0131. The summed E-state index contributed by atoms with van der Waals surface area (Å²) < 4.78 is 18.0. The van der Waals surface area contributed by atoms with Crippen LogP contribution in [0.5, 0.6) is 0 Å². The van der Waals surface area contributed by atoms with Crippen molar-refractivity contribution in [3.05, 3.63) is 34.4 Å². The Morgan fingerprint density at radius 2 is 1.46 bits per heavy atom. The lowest BCUT2D eigenvalue weighted by molar-refractivity contribution is -0.145. The summed E-state index contributed by atoms with van der Waals surface area (Å²) >= 11 is 3.44. The van der Waals surface area contributed by atoms with Gasteiger partial charge in [-0.05, 0) is 71.1 Å². The highest BCUT2D eigenvalue weighted by molar-refractivity contribution is 9.10. The number of fused-ring (bicyclic) bond motifs is 1. The summed E-state index contributed by atoms with van der Waals surface area (Å²) in [5.74, 6) is -2.53. The lowest BCUT2D eigenvalue weighted by atomic mass is 9.96. The number of methoxy groups -OCH3 is 1. The number of carbonyl (C=O) groups is 5. The molecule has 1 aromatic carbocycles. The van der Waals surface area contributed by atoms with Crippen LogP contribution in [0, 0.1) is 11.8 Å². The van der Waals surface area contributed by atoms with E-state index >= 15 is 0 Å². The Hall–Kier alpha value is -3.61. The summed E-state index contributed by atoms with van der Waals surface area (Å²) in [6.45, 7) is 17.6. The highest BCUT2D eigenvalue weighted by Gasteiger charge is 2.34. The Kier molecular flexibility index (Phi) is 13.2. The second kappa shape index (κ2) is 15.8. The molecule has 0 saturated carbocycles. The molecule has 2 rings (SSSR count). The van der Waals surface area contributed by atoms with Gasteiger partial charge in [-0.2, -0.15) is 0 Å². The number of benzene rings is 1. The van der Waals surface area contributed by atoms with E-state index in [9.17, 15) is 24.0 Å². The molecule has 2 aromatic rings. The van der Waals surface area contributed by atoms with Gasteiger partial charge in [0.05, 0.1) is 12.6 Å². The monoisotopic (exact) mass is 708 g/mol. The van der Waals surface area contributed by atoms with E-state index in [1.807, 2.05) is 13.8 Å². The van der Waals surface area contributed by atoms with Crippen LogP contribution in [0.3, 0.4) is 0 Å². The van der Waals surface area contributed by atoms with E-state index in [-0.39, 0.29) is 18.3 Å². The molecule has 12 nitrogen and oxygen atoms in total. The van der Waals surface area contributed by atoms with Crippen LogP contribution < -0.4 is 16.0 Å². The Morgan fingerprint density at radius 1 is 0.870 bits per heavy atom. The third-order valence-corrected chi connectivity index (χ3v) is 7.57. The fraction of sp³-hybridized carbons (Fsp3) is 0.606. The average molecular weight is 710 g/mol. The zero-order valence-electron chi connectivity index (χ0n) is 28.7. The zero-order valence-corrected chi connectivity index (χ0v) is 30.3. The first-order valence-electron chi connectivity index (χ1n) is 15.4. The number of alkyl carbamates (subject to hydrolysis) is 1. The molecule has 13 heteroatoms.